The van der Waals surface area contributed by atoms with E-state index in [0.29, 0.717) is 0 Å². The van der Waals surface area contributed by atoms with Crippen molar-refractivity contribution in [1.29, 1.82) is 0 Å². The Bertz CT molecular complexity index is 326. The van der Waals surface area contributed by atoms with Crippen molar-refractivity contribution in [1.82, 2.24) is 5.32 Å². The molecule has 0 bridgehead atoms. The maximum absolute atomic E-state index is 6.13. The van der Waals surface area contributed by atoms with E-state index in [2.05, 4.69) is 18.3 Å². The summed E-state index contributed by atoms with van der Waals surface area (Å²) >= 11 is 0. The van der Waals surface area contributed by atoms with Crippen molar-refractivity contribution in [2.45, 2.75) is 76.4 Å². The lowest BCUT2D eigenvalue weighted by atomic mass is 9.81. The molecule has 2 nitrogen and oxygen atoms in total. The number of allylic oxidation sites excluding steroid dienone is 1. The molecule has 3 rings (SSSR count). The fourth-order valence-electron chi connectivity index (χ4n) is 3.83. The Morgan fingerprint density at radius 2 is 2.05 bits per heavy atom. The largest absolute Gasteiger partial charge is 0.375 e. The second-order valence-electron chi connectivity index (χ2n) is 6.89. The molecule has 0 radical (unpaired) electrons. The molecule has 3 fully saturated rings. The van der Waals surface area contributed by atoms with Crippen molar-refractivity contribution in [3.05, 3.63) is 11.6 Å². The van der Waals surface area contributed by atoms with Gasteiger partial charge in [-0.2, -0.15) is 0 Å². The SMILES string of the molecule is CC(=CCCNC1CC1)C1CCOC2(CCCC2)C1. The molecule has 0 aromatic heterocycles. The molecule has 1 atom stereocenters. The zero-order chi connectivity index (χ0) is 13.1. The summed E-state index contributed by atoms with van der Waals surface area (Å²) in [7, 11) is 0. The molecule has 2 heteroatoms. The van der Waals surface area contributed by atoms with E-state index in [1.54, 1.807) is 5.57 Å². The van der Waals surface area contributed by atoms with Crippen LogP contribution >= 0.6 is 0 Å². The summed E-state index contributed by atoms with van der Waals surface area (Å²) in [6.45, 7) is 4.49. The van der Waals surface area contributed by atoms with Gasteiger partial charge < -0.3 is 10.1 Å². The molecule has 1 unspecified atom stereocenters. The summed E-state index contributed by atoms with van der Waals surface area (Å²) in [5.41, 5.74) is 1.89. The van der Waals surface area contributed by atoms with Gasteiger partial charge in [-0.05, 0) is 64.3 Å². The number of nitrogens with one attached hydrogen (secondary N) is 1. The number of hydrogen-bond acceptors (Lipinski definition) is 2. The Kier molecular flexibility index (Phi) is 4.28. The van der Waals surface area contributed by atoms with Gasteiger partial charge in [0.15, 0.2) is 0 Å². The van der Waals surface area contributed by atoms with Crippen molar-refractivity contribution >= 4 is 0 Å². The zero-order valence-electron chi connectivity index (χ0n) is 12.4. The summed E-state index contributed by atoms with van der Waals surface area (Å²) in [6, 6.07) is 0.846. The lowest BCUT2D eigenvalue weighted by Crippen LogP contribution is -2.37. The van der Waals surface area contributed by atoms with Gasteiger partial charge >= 0.3 is 0 Å². The monoisotopic (exact) mass is 263 g/mol. The van der Waals surface area contributed by atoms with Crippen molar-refractivity contribution < 1.29 is 4.74 Å². The van der Waals surface area contributed by atoms with E-state index >= 15 is 0 Å². The average Bonchev–Trinajstić information content (AvgIpc) is 3.16. The van der Waals surface area contributed by atoms with Gasteiger partial charge in [0.1, 0.15) is 0 Å². The average molecular weight is 263 g/mol. The van der Waals surface area contributed by atoms with Gasteiger partial charge in [-0.1, -0.05) is 24.5 Å². The van der Waals surface area contributed by atoms with Gasteiger partial charge in [0.25, 0.3) is 0 Å². The second kappa shape index (κ2) is 5.97. The Morgan fingerprint density at radius 3 is 2.79 bits per heavy atom. The molecule has 2 saturated carbocycles. The van der Waals surface area contributed by atoms with Gasteiger partial charge in [-0.3, -0.25) is 0 Å². The van der Waals surface area contributed by atoms with Crippen LogP contribution in [0, 0.1) is 5.92 Å². The number of ether oxygens (including phenoxy) is 1. The van der Waals surface area contributed by atoms with Crippen molar-refractivity contribution in [2.24, 2.45) is 5.92 Å². The van der Waals surface area contributed by atoms with E-state index in [9.17, 15) is 0 Å². The molecule has 0 amide bonds. The fraction of sp³-hybridized carbons (Fsp3) is 0.882. The van der Waals surface area contributed by atoms with Crippen molar-refractivity contribution in [3.63, 3.8) is 0 Å². The smallest absolute Gasteiger partial charge is 0.0688 e. The summed E-state index contributed by atoms with van der Waals surface area (Å²) in [6.07, 6.45) is 14.4. The van der Waals surface area contributed by atoms with Gasteiger partial charge in [-0.15, -0.1) is 0 Å². The normalized spacial score (nSPS) is 31.0. The van der Waals surface area contributed by atoms with Crippen LogP contribution in [0.5, 0.6) is 0 Å². The molecule has 19 heavy (non-hydrogen) atoms. The van der Waals surface area contributed by atoms with Crippen LogP contribution < -0.4 is 5.32 Å². The number of rotatable bonds is 5. The quantitative estimate of drug-likeness (QED) is 0.601. The molecule has 1 N–H and O–H groups in total. The highest BCUT2D eigenvalue weighted by Crippen LogP contribution is 2.43. The molecule has 108 valence electrons. The van der Waals surface area contributed by atoms with Crippen LogP contribution in [-0.4, -0.2) is 24.8 Å². The minimum Gasteiger partial charge on any atom is -0.375 e. The maximum atomic E-state index is 6.13. The molecule has 1 spiro atoms. The summed E-state index contributed by atoms with van der Waals surface area (Å²) in [5, 5.41) is 3.59. The lowest BCUT2D eigenvalue weighted by molar-refractivity contribution is -0.0869. The predicted octanol–water partition coefficient (Wildman–Crippen LogP) is 3.81. The van der Waals surface area contributed by atoms with Gasteiger partial charge in [0.2, 0.25) is 0 Å². The van der Waals surface area contributed by atoms with Crippen LogP contribution in [0.2, 0.25) is 0 Å². The molecule has 0 aromatic carbocycles. The van der Waals surface area contributed by atoms with E-state index in [0.717, 1.165) is 25.1 Å². The Balaban J connectivity index is 1.47. The highest BCUT2D eigenvalue weighted by Gasteiger charge is 2.40. The van der Waals surface area contributed by atoms with Crippen LogP contribution in [0.3, 0.4) is 0 Å². The molecule has 2 aliphatic carbocycles. The second-order valence-corrected chi connectivity index (χ2v) is 6.89. The Morgan fingerprint density at radius 1 is 1.26 bits per heavy atom. The first-order valence-corrected chi connectivity index (χ1v) is 8.31. The lowest BCUT2D eigenvalue weighted by Gasteiger charge is -2.38. The first kappa shape index (κ1) is 13.6. The summed E-state index contributed by atoms with van der Waals surface area (Å²) in [4.78, 5) is 0. The maximum Gasteiger partial charge on any atom is 0.0688 e. The van der Waals surface area contributed by atoms with Gasteiger partial charge in [-0.25, -0.2) is 0 Å². The predicted molar refractivity (Wildman–Crippen MR) is 79.3 cm³/mol. The Hall–Kier alpha value is -0.340. The van der Waals surface area contributed by atoms with E-state index < -0.39 is 0 Å². The minimum atomic E-state index is 0.268. The molecular formula is C17H29NO. The first-order valence-electron chi connectivity index (χ1n) is 8.31. The minimum absolute atomic E-state index is 0.268. The zero-order valence-corrected chi connectivity index (χ0v) is 12.4. The molecule has 0 aromatic rings. The summed E-state index contributed by atoms with van der Waals surface area (Å²) in [5.74, 6) is 0.785. The summed E-state index contributed by atoms with van der Waals surface area (Å²) < 4.78 is 6.13. The van der Waals surface area contributed by atoms with Crippen LogP contribution in [0.25, 0.3) is 0 Å². The first-order chi connectivity index (χ1) is 9.27. The number of hydrogen-bond donors (Lipinski definition) is 1. The highest BCUT2D eigenvalue weighted by atomic mass is 16.5. The topological polar surface area (TPSA) is 21.3 Å². The van der Waals surface area contributed by atoms with Crippen LogP contribution in [-0.2, 0) is 4.74 Å². The van der Waals surface area contributed by atoms with Crippen LogP contribution in [0.15, 0.2) is 11.6 Å². The van der Waals surface area contributed by atoms with E-state index in [1.807, 2.05) is 0 Å². The van der Waals surface area contributed by atoms with Crippen molar-refractivity contribution in [2.75, 3.05) is 13.2 Å². The standard InChI is InChI=1S/C17H29NO/c1-14(5-4-11-18-16-6-7-16)15-8-12-19-17(13-15)9-2-3-10-17/h5,15-16,18H,2-4,6-13H2,1H3. The third-order valence-electron chi connectivity index (χ3n) is 5.27. The van der Waals surface area contributed by atoms with Crippen LogP contribution in [0.4, 0.5) is 0 Å². The highest BCUT2D eigenvalue weighted by molar-refractivity contribution is 5.08. The Labute approximate surface area is 118 Å². The fourth-order valence-corrected chi connectivity index (χ4v) is 3.83. The third-order valence-corrected chi connectivity index (χ3v) is 5.27. The molecule has 3 aliphatic rings. The van der Waals surface area contributed by atoms with Gasteiger partial charge in [0.05, 0.1) is 5.60 Å². The molecule has 1 saturated heterocycles. The van der Waals surface area contributed by atoms with E-state index in [1.165, 1.54) is 57.8 Å². The molecule has 1 heterocycles. The third kappa shape index (κ3) is 3.61. The van der Waals surface area contributed by atoms with E-state index in [4.69, 9.17) is 4.74 Å². The molecule has 1 aliphatic heterocycles. The van der Waals surface area contributed by atoms with Crippen molar-refractivity contribution in [3.8, 4) is 0 Å². The van der Waals surface area contributed by atoms with E-state index in [-0.39, 0.29) is 5.60 Å². The molecular weight excluding hydrogens is 234 g/mol. The van der Waals surface area contributed by atoms with Crippen LogP contribution in [0.1, 0.15) is 64.7 Å². The van der Waals surface area contributed by atoms with Gasteiger partial charge in [0, 0.05) is 12.6 Å².